The molecule has 1 N–H and O–H groups in total. The molecule has 3 rings (SSSR count). The third-order valence-corrected chi connectivity index (χ3v) is 4.99. The van der Waals surface area contributed by atoms with E-state index in [1.807, 2.05) is 6.92 Å². The predicted octanol–water partition coefficient (Wildman–Crippen LogP) is 3.94. The van der Waals surface area contributed by atoms with Crippen molar-refractivity contribution in [1.29, 1.82) is 0 Å². The Bertz CT molecular complexity index is 1010. The third-order valence-electron chi connectivity index (χ3n) is 3.59. The van der Waals surface area contributed by atoms with Crippen molar-refractivity contribution in [3.63, 3.8) is 0 Å². The number of nitrogens with zero attached hydrogens (tertiary/aromatic N) is 2. The fraction of sp³-hybridized carbons (Fsp3) is 0.158. The number of aromatic nitrogens is 2. The molecular weight excluding hydrogens is 350 g/mol. The average Bonchev–Trinajstić information content (AvgIpc) is 2.62. The van der Waals surface area contributed by atoms with Crippen molar-refractivity contribution in [2.24, 2.45) is 0 Å². The maximum atomic E-state index is 12.4. The normalized spacial score (nSPS) is 11.2. The SMILES string of the molecule is CCc1cc(Oc2cccc(NS(=O)(=O)c3ccccc3)c2)nc(C)n1. The molecule has 0 unspecified atom stereocenters. The minimum absolute atomic E-state index is 0.199. The second-order valence-electron chi connectivity index (χ2n) is 5.65. The molecule has 134 valence electrons. The van der Waals surface area contributed by atoms with E-state index in [0.717, 1.165) is 12.1 Å². The summed E-state index contributed by atoms with van der Waals surface area (Å²) in [5, 5.41) is 0. The zero-order valence-corrected chi connectivity index (χ0v) is 15.3. The number of anilines is 1. The molecule has 0 saturated heterocycles. The Hall–Kier alpha value is -2.93. The quantitative estimate of drug-likeness (QED) is 0.712. The molecule has 0 aliphatic rings. The van der Waals surface area contributed by atoms with Crippen molar-refractivity contribution in [2.45, 2.75) is 25.2 Å². The lowest BCUT2D eigenvalue weighted by molar-refractivity contribution is 0.459. The summed E-state index contributed by atoms with van der Waals surface area (Å²) in [7, 11) is -3.65. The summed E-state index contributed by atoms with van der Waals surface area (Å²) in [6.45, 7) is 3.81. The molecule has 0 atom stereocenters. The highest BCUT2D eigenvalue weighted by Gasteiger charge is 2.14. The van der Waals surface area contributed by atoms with E-state index in [0.29, 0.717) is 23.1 Å². The van der Waals surface area contributed by atoms with Crippen molar-refractivity contribution in [3.8, 4) is 11.6 Å². The highest BCUT2D eigenvalue weighted by molar-refractivity contribution is 7.92. The Labute approximate surface area is 153 Å². The van der Waals surface area contributed by atoms with Crippen molar-refractivity contribution >= 4 is 15.7 Å². The Morgan fingerprint density at radius 1 is 1.00 bits per heavy atom. The molecule has 3 aromatic rings. The Morgan fingerprint density at radius 3 is 2.50 bits per heavy atom. The van der Waals surface area contributed by atoms with Crippen LogP contribution in [-0.2, 0) is 16.4 Å². The first-order valence-corrected chi connectivity index (χ1v) is 9.65. The van der Waals surface area contributed by atoms with Crippen LogP contribution >= 0.6 is 0 Å². The van der Waals surface area contributed by atoms with Crippen LogP contribution in [0.5, 0.6) is 11.6 Å². The fourth-order valence-corrected chi connectivity index (χ4v) is 3.46. The van der Waals surface area contributed by atoms with E-state index in [9.17, 15) is 8.42 Å². The third kappa shape index (κ3) is 4.37. The van der Waals surface area contributed by atoms with Gasteiger partial charge in [0.1, 0.15) is 11.6 Å². The molecule has 0 fully saturated rings. The first-order chi connectivity index (χ1) is 12.5. The maximum Gasteiger partial charge on any atom is 0.261 e. The fourth-order valence-electron chi connectivity index (χ4n) is 2.39. The van der Waals surface area contributed by atoms with Crippen LogP contribution in [0.1, 0.15) is 18.4 Å². The minimum atomic E-state index is -3.65. The van der Waals surface area contributed by atoms with E-state index in [2.05, 4.69) is 14.7 Å². The molecule has 1 aromatic heterocycles. The van der Waals surface area contributed by atoms with Crippen molar-refractivity contribution < 1.29 is 13.2 Å². The number of ether oxygens (including phenoxy) is 1. The Balaban J connectivity index is 1.82. The Kier molecular flexibility index (Phi) is 5.18. The monoisotopic (exact) mass is 369 g/mol. The number of hydrogen-bond donors (Lipinski definition) is 1. The van der Waals surface area contributed by atoms with E-state index in [1.165, 1.54) is 0 Å². The second-order valence-corrected chi connectivity index (χ2v) is 7.33. The lowest BCUT2D eigenvalue weighted by atomic mass is 10.3. The standard InChI is InChI=1S/C19H19N3O3S/c1-3-15-13-19(21-14(2)20-15)25-17-9-7-8-16(12-17)22-26(23,24)18-10-5-4-6-11-18/h4-13,22H,3H2,1-2H3. The summed E-state index contributed by atoms with van der Waals surface area (Å²) in [6, 6.07) is 16.7. The molecular formula is C19H19N3O3S. The number of aryl methyl sites for hydroxylation is 2. The summed E-state index contributed by atoms with van der Waals surface area (Å²) in [6.07, 6.45) is 0.774. The molecule has 0 aliphatic carbocycles. The average molecular weight is 369 g/mol. The Morgan fingerprint density at radius 2 is 1.77 bits per heavy atom. The topological polar surface area (TPSA) is 81.2 Å². The van der Waals surface area contributed by atoms with Gasteiger partial charge >= 0.3 is 0 Å². The van der Waals surface area contributed by atoms with Crippen LogP contribution in [0.3, 0.4) is 0 Å². The number of sulfonamides is 1. The van der Waals surface area contributed by atoms with E-state index in [4.69, 9.17) is 4.74 Å². The van der Waals surface area contributed by atoms with Gasteiger partial charge in [-0.1, -0.05) is 31.2 Å². The van der Waals surface area contributed by atoms with E-state index < -0.39 is 10.0 Å². The van der Waals surface area contributed by atoms with Crippen LogP contribution in [0.25, 0.3) is 0 Å². The van der Waals surface area contributed by atoms with Gasteiger partial charge in [-0.3, -0.25) is 4.72 Å². The summed E-state index contributed by atoms with van der Waals surface area (Å²) in [5.74, 6) is 1.54. The van der Waals surface area contributed by atoms with Gasteiger partial charge in [-0.05, 0) is 37.6 Å². The highest BCUT2D eigenvalue weighted by atomic mass is 32.2. The lowest BCUT2D eigenvalue weighted by Gasteiger charge is -2.11. The van der Waals surface area contributed by atoms with Crippen molar-refractivity contribution in [3.05, 3.63) is 72.2 Å². The van der Waals surface area contributed by atoms with Gasteiger partial charge in [0.05, 0.1) is 10.6 Å². The lowest BCUT2D eigenvalue weighted by Crippen LogP contribution is -2.12. The molecule has 7 heteroatoms. The van der Waals surface area contributed by atoms with Gasteiger partial charge in [0, 0.05) is 17.8 Å². The summed E-state index contributed by atoms with van der Waals surface area (Å²) in [5.41, 5.74) is 1.29. The number of rotatable bonds is 6. The van der Waals surface area contributed by atoms with Crippen LogP contribution in [0.4, 0.5) is 5.69 Å². The zero-order chi connectivity index (χ0) is 18.6. The zero-order valence-electron chi connectivity index (χ0n) is 14.5. The maximum absolute atomic E-state index is 12.4. The van der Waals surface area contributed by atoms with Gasteiger partial charge < -0.3 is 4.74 Å². The van der Waals surface area contributed by atoms with Gasteiger partial charge in [0.25, 0.3) is 10.0 Å². The predicted molar refractivity (Wildman–Crippen MR) is 99.9 cm³/mol. The molecule has 1 heterocycles. The first-order valence-electron chi connectivity index (χ1n) is 8.16. The molecule has 0 bridgehead atoms. The molecule has 0 aliphatic heterocycles. The highest BCUT2D eigenvalue weighted by Crippen LogP contribution is 2.25. The summed E-state index contributed by atoms with van der Waals surface area (Å²) in [4.78, 5) is 8.77. The largest absolute Gasteiger partial charge is 0.439 e. The molecule has 2 aromatic carbocycles. The van der Waals surface area contributed by atoms with Gasteiger partial charge in [-0.25, -0.2) is 13.4 Å². The molecule has 6 nitrogen and oxygen atoms in total. The van der Waals surface area contributed by atoms with Gasteiger partial charge in [0.15, 0.2) is 0 Å². The molecule has 0 radical (unpaired) electrons. The van der Waals surface area contributed by atoms with Crippen LogP contribution in [-0.4, -0.2) is 18.4 Å². The second kappa shape index (κ2) is 7.53. The summed E-state index contributed by atoms with van der Waals surface area (Å²) >= 11 is 0. The van der Waals surface area contributed by atoms with Crippen LogP contribution in [0.2, 0.25) is 0 Å². The minimum Gasteiger partial charge on any atom is -0.439 e. The van der Waals surface area contributed by atoms with E-state index in [-0.39, 0.29) is 4.90 Å². The summed E-state index contributed by atoms with van der Waals surface area (Å²) < 4.78 is 33.2. The van der Waals surface area contributed by atoms with E-state index in [1.54, 1.807) is 67.6 Å². The smallest absolute Gasteiger partial charge is 0.261 e. The first kappa shape index (κ1) is 17.9. The van der Waals surface area contributed by atoms with Gasteiger partial charge in [-0.2, -0.15) is 4.98 Å². The van der Waals surface area contributed by atoms with Crippen LogP contribution < -0.4 is 9.46 Å². The van der Waals surface area contributed by atoms with E-state index >= 15 is 0 Å². The number of nitrogens with one attached hydrogen (secondary N) is 1. The molecule has 0 spiro atoms. The van der Waals surface area contributed by atoms with Gasteiger partial charge in [-0.15, -0.1) is 0 Å². The molecule has 0 saturated carbocycles. The molecule has 26 heavy (non-hydrogen) atoms. The number of hydrogen-bond acceptors (Lipinski definition) is 5. The van der Waals surface area contributed by atoms with Gasteiger partial charge in [0.2, 0.25) is 5.88 Å². The van der Waals surface area contributed by atoms with Crippen molar-refractivity contribution in [1.82, 2.24) is 9.97 Å². The van der Waals surface area contributed by atoms with Crippen molar-refractivity contribution in [2.75, 3.05) is 4.72 Å². The van der Waals surface area contributed by atoms with Crippen LogP contribution in [0.15, 0.2) is 65.6 Å². The number of benzene rings is 2. The molecule has 0 amide bonds. The van der Waals surface area contributed by atoms with Crippen LogP contribution in [0, 0.1) is 6.92 Å².